The molecule has 2 fully saturated rings. The molecule has 4 nitrogen and oxygen atoms in total. The summed E-state index contributed by atoms with van der Waals surface area (Å²) < 4.78 is 0. The summed E-state index contributed by atoms with van der Waals surface area (Å²) in [6.45, 7) is 8.57. The van der Waals surface area contributed by atoms with E-state index in [1.807, 2.05) is 17.0 Å². The summed E-state index contributed by atoms with van der Waals surface area (Å²) in [6, 6.07) is 5.40. The SMILES string of the molecule is O=C(/C=C/c1ccc(Cl)c(Cl)c1)N1CCCN(CCCN2CCCCC2)CC1. The minimum Gasteiger partial charge on any atom is -0.338 e. The Morgan fingerprint density at radius 2 is 1.57 bits per heavy atom. The molecule has 1 amide bonds. The Morgan fingerprint density at radius 1 is 0.857 bits per heavy atom. The van der Waals surface area contributed by atoms with Crippen LogP contribution in [0.2, 0.25) is 10.0 Å². The van der Waals surface area contributed by atoms with E-state index in [4.69, 9.17) is 23.2 Å². The molecule has 0 radical (unpaired) electrons. The Hall–Kier alpha value is -1.07. The number of piperidine rings is 1. The summed E-state index contributed by atoms with van der Waals surface area (Å²) in [7, 11) is 0. The molecule has 0 unspecified atom stereocenters. The maximum atomic E-state index is 12.6. The summed E-state index contributed by atoms with van der Waals surface area (Å²) in [5.41, 5.74) is 0.886. The van der Waals surface area contributed by atoms with Crippen LogP contribution in [0.25, 0.3) is 6.08 Å². The fourth-order valence-electron chi connectivity index (χ4n) is 4.00. The summed E-state index contributed by atoms with van der Waals surface area (Å²) in [4.78, 5) is 19.6. The topological polar surface area (TPSA) is 26.8 Å². The van der Waals surface area contributed by atoms with Crippen LogP contribution in [0, 0.1) is 0 Å². The van der Waals surface area contributed by atoms with Gasteiger partial charge in [-0.05, 0) is 82.2 Å². The van der Waals surface area contributed by atoms with E-state index >= 15 is 0 Å². The smallest absolute Gasteiger partial charge is 0.246 e. The standard InChI is InChI=1S/C22H31Cl2N3O/c23-20-8-6-19(18-21(20)24)7-9-22(28)27-15-5-14-26(16-17-27)13-4-12-25-10-2-1-3-11-25/h6-9,18H,1-5,10-17H2/b9-7+. The lowest BCUT2D eigenvalue weighted by Crippen LogP contribution is -2.36. The van der Waals surface area contributed by atoms with Crippen molar-refractivity contribution in [2.24, 2.45) is 0 Å². The van der Waals surface area contributed by atoms with Gasteiger partial charge in [0.25, 0.3) is 0 Å². The zero-order valence-electron chi connectivity index (χ0n) is 16.6. The molecule has 28 heavy (non-hydrogen) atoms. The van der Waals surface area contributed by atoms with Crippen molar-refractivity contribution in [3.05, 3.63) is 39.9 Å². The largest absolute Gasteiger partial charge is 0.338 e. The second kappa shape index (κ2) is 11.2. The van der Waals surface area contributed by atoms with Crippen LogP contribution in [-0.4, -0.2) is 73.0 Å². The van der Waals surface area contributed by atoms with Crippen LogP contribution in [0.4, 0.5) is 0 Å². The Labute approximate surface area is 179 Å². The van der Waals surface area contributed by atoms with Crippen LogP contribution in [0.1, 0.15) is 37.7 Å². The number of rotatable bonds is 6. The van der Waals surface area contributed by atoms with Crippen molar-refractivity contribution in [1.29, 1.82) is 0 Å². The molecule has 154 valence electrons. The second-order valence-electron chi connectivity index (χ2n) is 7.78. The number of carbonyl (C=O) groups is 1. The third kappa shape index (κ3) is 6.77. The van der Waals surface area contributed by atoms with Gasteiger partial charge in [0.15, 0.2) is 0 Å². The van der Waals surface area contributed by atoms with Gasteiger partial charge in [-0.2, -0.15) is 0 Å². The number of amides is 1. The van der Waals surface area contributed by atoms with Crippen LogP contribution in [-0.2, 0) is 4.79 Å². The van der Waals surface area contributed by atoms with Gasteiger partial charge in [-0.3, -0.25) is 4.79 Å². The summed E-state index contributed by atoms with van der Waals surface area (Å²) in [5.74, 6) is 0.0706. The summed E-state index contributed by atoms with van der Waals surface area (Å²) >= 11 is 12.0. The molecular formula is C22H31Cl2N3O. The molecule has 6 heteroatoms. The van der Waals surface area contributed by atoms with Crippen molar-refractivity contribution in [3.63, 3.8) is 0 Å². The fraction of sp³-hybridized carbons (Fsp3) is 0.591. The molecule has 0 aromatic heterocycles. The monoisotopic (exact) mass is 423 g/mol. The van der Waals surface area contributed by atoms with E-state index in [-0.39, 0.29) is 5.91 Å². The molecule has 2 saturated heterocycles. The lowest BCUT2D eigenvalue weighted by atomic mass is 10.1. The average Bonchev–Trinajstić information content (AvgIpc) is 2.95. The number of benzene rings is 1. The van der Waals surface area contributed by atoms with Crippen LogP contribution in [0.5, 0.6) is 0 Å². The predicted octanol–water partition coefficient (Wildman–Crippen LogP) is 4.42. The van der Waals surface area contributed by atoms with E-state index in [1.54, 1.807) is 18.2 Å². The average molecular weight is 424 g/mol. The van der Waals surface area contributed by atoms with Crippen LogP contribution in [0.3, 0.4) is 0 Å². The van der Waals surface area contributed by atoms with Gasteiger partial charge in [-0.15, -0.1) is 0 Å². The van der Waals surface area contributed by atoms with Gasteiger partial charge in [0.2, 0.25) is 5.91 Å². The fourth-order valence-corrected chi connectivity index (χ4v) is 4.31. The van der Waals surface area contributed by atoms with Crippen molar-refractivity contribution in [1.82, 2.24) is 14.7 Å². The first-order valence-corrected chi connectivity index (χ1v) is 11.2. The lowest BCUT2D eigenvalue weighted by Gasteiger charge is -2.27. The molecule has 0 spiro atoms. The first-order valence-electron chi connectivity index (χ1n) is 10.5. The Morgan fingerprint density at radius 3 is 2.32 bits per heavy atom. The molecule has 0 aliphatic carbocycles. The number of halogens is 2. The van der Waals surface area contributed by atoms with Gasteiger partial charge >= 0.3 is 0 Å². The quantitative estimate of drug-likeness (QED) is 0.633. The molecule has 0 atom stereocenters. The zero-order chi connectivity index (χ0) is 19.8. The van der Waals surface area contributed by atoms with E-state index in [0.29, 0.717) is 10.0 Å². The van der Waals surface area contributed by atoms with E-state index < -0.39 is 0 Å². The van der Waals surface area contributed by atoms with E-state index in [9.17, 15) is 4.79 Å². The molecule has 0 saturated carbocycles. The zero-order valence-corrected chi connectivity index (χ0v) is 18.1. The van der Waals surface area contributed by atoms with Crippen LogP contribution >= 0.6 is 23.2 Å². The highest BCUT2D eigenvalue weighted by molar-refractivity contribution is 6.42. The van der Waals surface area contributed by atoms with Crippen molar-refractivity contribution >= 4 is 35.2 Å². The van der Waals surface area contributed by atoms with Crippen molar-refractivity contribution in [2.75, 3.05) is 52.4 Å². The summed E-state index contributed by atoms with van der Waals surface area (Å²) in [6.07, 6.45) is 9.83. The highest BCUT2D eigenvalue weighted by Crippen LogP contribution is 2.23. The van der Waals surface area contributed by atoms with Gasteiger partial charge < -0.3 is 14.7 Å². The van der Waals surface area contributed by atoms with Gasteiger partial charge in [0, 0.05) is 25.7 Å². The number of nitrogens with zero attached hydrogens (tertiary/aromatic N) is 3. The van der Waals surface area contributed by atoms with Crippen molar-refractivity contribution in [2.45, 2.75) is 32.1 Å². The van der Waals surface area contributed by atoms with Crippen LogP contribution < -0.4 is 0 Å². The minimum absolute atomic E-state index is 0.0706. The minimum atomic E-state index is 0.0706. The Balaban J connectivity index is 1.41. The van der Waals surface area contributed by atoms with Crippen LogP contribution in [0.15, 0.2) is 24.3 Å². The van der Waals surface area contributed by atoms with E-state index in [1.165, 1.54) is 45.3 Å². The maximum absolute atomic E-state index is 12.6. The van der Waals surface area contributed by atoms with E-state index in [0.717, 1.165) is 44.7 Å². The van der Waals surface area contributed by atoms with Crippen molar-refractivity contribution < 1.29 is 4.79 Å². The van der Waals surface area contributed by atoms with E-state index in [2.05, 4.69) is 9.80 Å². The molecule has 2 aliphatic rings. The maximum Gasteiger partial charge on any atom is 0.246 e. The van der Waals surface area contributed by atoms with Gasteiger partial charge in [0.05, 0.1) is 10.0 Å². The number of likely N-dealkylation sites (tertiary alicyclic amines) is 1. The first-order chi connectivity index (χ1) is 13.6. The molecule has 3 rings (SSSR count). The first kappa shape index (κ1) is 21.6. The third-order valence-electron chi connectivity index (χ3n) is 5.66. The third-order valence-corrected chi connectivity index (χ3v) is 6.40. The number of hydrogen-bond donors (Lipinski definition) is 0. The van der Waals surface area contributed by atoms with Gasteiger partial charge in [-0.1, -0.05) is 35.7 Å². The number of hydrogen-bond acceptors (Lipinski definition) is 3. The number of carbonyl (C=O) groups excluding carboxylic acids is 1. The molecular weight excluding hydrogens is 393 g/mol. The summed E-state index contributed by atoms with van der Waals surface area (Å²) in [5, 5.41) is 1.03. The molecule has 2 heterocycles. The lowest BCUT2D eigenvalue weighted by molar-refractivity contribution is -0.125. The molecule has 1 aromatic carbocycles. The second-order valence-corrected chi connectivity index (χ2v) is 8.60. The molecule has 0 N–H and O–H groups in total. The van der Waals surface area contributed by atoms with Gasteiger partial charge in [0.1, 0.15) is 0 Å². The highest BCUT2D eigenvalue weighted by atomic mass is 35.5. The molecule has 2 aliphatic heterocycles. The highest BCUT2D eigenvalue weighted by Gasteiger charge is 2.18. The van der Waals surface area contributed by atoms with Crippen molar-refractivity contribution in [3.8, 4) is 0 Å². The Kier molecular flexibility index (Phi) is 8.66. The normalized spacial score (nSPS) is 19.9. The molecule has 0 bridgehead atoms. The predicted molar refractivity (Wildman–Crippen MR) is 118 cm³/mol. The molecule has 1 aromatic rings. The Bertz CT molecular complexity index is 674. The van der Waals surface area contributed by atoms with Gasteiger partial charge in [-0.25, -0.2) is 0 Å².